The molecule has 1 amide bonds. The Morgan fingerprint density at radius 3 is 2.64 bits per heavy atom. The molecule has 0 aliphatic carbocycles. The SMILES string of the molecule is CC(C)Oc1ncccc1CNC(=O)[C@@H]1Oc2ccccc2O[C@@H]1C. The van der Waals surface area contributed by atoms with E-state index in [1.807, 2.05) is 51.1 Å². The molecule has 1 aromatic carbocycles. The number of hydrogen-bond donors (Lipinski definition) is 1. The Hall–Kier alpha value is -2.76. The van der Waals surface area contributed by atoms with E-state index in [9.17, 15) is 4.79 Å². The smallest absolute Gasteiger partial charge is 0.265 e. The molecule has 0 saturated heterocycles. The van der Waals surface area contributed by atoms with Gasteiger partial charge in [-0.25, -0.2) is 4.98 Å². The third kappa shape index (κ3) is 4.02. The second-order valence-corrected chi connectivity index (χ2v) is 6.16. The number of fused-ring (bicyclic) bond motifs is 1. The Bertz CT molecular complexity index is 748. The Kier molecular flexibility index (Phi) is 5.07. The summed E-state index contributed by atoms with van der Waals surface area (Å²) in [6, 6.07) is 11.0. The van der Waals surface area contributed by atoms with E-state index in [2.05, 4.69) is 10.3 Å². The fourth-order valence-electron chi connectivity index (χ4n) is 2.58. The lowest BCUT2D eigenvalue weighted by molar-refractivity contribution is -0.133. The maximum absolute atomic E-state index is 12.5. The molecule has 0 unspecified atom stereocenters. The van der Waals surface area contributed by atoms with Crippen molar-refractivity contribution in [2.45, 2.75) is 45.6 Å². The standard InChI is InChI=1S/C19H22N2O4/c1-12(2)23-19-14(7-6-10-20-19)11-21-18(22)17-13(3)24-15-8-4-5-9-16(15)25-17/h4-10,12-13,17H,11H2,1-3H3,(H,21,22)/t13-,17-/m1/s1. The number of ether oxygens (including phenoxy) is 3. The van der Waals surface area contributed by atoms with Gasteiger partial charge in [0.2, 0.25) is 12.0 Å². The summed E-state index contributed by atoms with van der Waals surface area (Å²) in [7, 11) is 0. The molecule has 6 heteroatoms. The highest BCUT2D eigenvalue weighted by molar-refractivity contribution is 5.82. The summed E-state index contributed by atoms with van der Waals surface area (Å²) in [6.07, 6.45) is 0.590. The molecule has 1 aromatic heterocycles. The zero-order valence-corrected chi connectivity index (χ0v) is 14.6. The van der Waals surface area contributed by atoms with Crippen molar-refractivity contribution in [1.82, 2.24) is 10.3 Å². The van der Waals surface area contributed by atoms with Crippen LogP contribution >= 0.6 is 0 Å². The topological polar surface area (TPSA) is 69.7 Å². The van der Waals surface area contributed by atoms with Crippen LogP contribution < -0.4 is 19.5 Å². The van der Waals surface area contributed by atoms with Crippen molar-refractivity contribution in [2.24, 2.45) is 0 Å². The van der Waals surface area contributed by atoms with Crippen LogP contribution in [0.2, 0.25) is 0 Å². The van der Waals surface area contributed by atoms with E-state index in [1.165, 1.54) is 0 Å². The second kappa shape index (κ2) is 7.42. The maximum atomic E-state index is 12.5. The number of carbonyl (C=O) groups is 1. The van der Waals surface area contributed by atoms with Gasteiger partial charge in [0.1, 0.15) is 6.10 Å². The number of aromatic nitrogens is 1. The zero-order valence-electron chi connectivity index (χ0n) is 14.6. The summed E-state index contributed by atoms with van der Waals surface area (Å²) >= 11 is 0. The van der Waals surface area contributed by atoms with E-state index in [4.69, 9.17) is 14.2 Å². The molecule has 2 aromatic rings. The predicted molar refractivity (Wildman–Crippen MR) is 92.8 cm³/mol. The van der Waals surface area contributed by atoms with Gasteiger partial charge in [-0.05, 0) is 39.0 Å². The first-order valence-electron chi connectivity index (χ1n) is 8.35. The van der Waals surface area contributed by atoms with Crippen LogP contribution in [-0.2, 0) is 11.3 Å². The molecule has 132 valence electrons. The predicted octanol–water partition coefficient (Wildman–Crippen LogP) is 2.71. The number of amides is 1. The highest BCUT2D eigenvalue weighted by atomic mass is 16.6. The maximum Gasteiger partial charge on any atom is 0.265 e. The van der Waals surface area contributed by atoms with Gasteiger partial charge in [-0.2, -0.15) is 0 Å². The quantitative estimate of drug-likeness (QED) is 0.905. The molecule has 1 aliphatic heterocycles. The summed E-state index contributed by atoms with van der Waals surface area (Å²) < 4.78 is 17.2. The first-order chi connectivity index (χ1) is 12.0. The third-order valence-electron chi connectivity index (χ3n) is 3.75. The number of benzene rings is 1. The normalized spacial score (nSPS) is 18.7. The van der Waals surface area contributed by atoms with Gasteiger partial charge in [0.15, 0.2) is 11.5 Å². The van der Waals surface area contributed by atoms with Gasteiger partial charge >= 0.3 is 0 Å². The number of pyridine rings is 1. The molecule has 3 rings (SSSR count). The zero-order chi connectivity index (χ0) is 17.8. The number of nitrogens with one attached hydrogen (secondary N) is 1. The summed E-state index contributed by atoms with van der Waals surface area (Å²) in [4.78, 5) is 16.8. The monoisotopic (exact) mass is 342 g/mol. The molecular weight excluding hydrogens is 320 g/mol. The Morgan fingerprint density at radius 2 is 1.92 bits per heavy atom. The Balaban J connectivity index is 1.66. The van der Waals surface area contributed by atoms with Crippen molar-refractivity contribution in [2.75, 3.05) is 0 Å². The summed E-state index contributed by atoms with van der Waals surface area (Å²) in [5.74, 6) is 1.52. The lowest BCUT2D eigenvalue weighted by Crippen LogP contribution is -2.48. The van der Waals surface area contributed by atoms with Gasteiger partial charge < -0.3 is 19.5 Å². The number of carbonyl (C=O) groups excluding carboxylic acids is 1. The minimum Gasteiger partial charge on any atom is -0.482 e. The Morgan fingerprint density at radius 1 is 1.20 bits per heavy atom. The van der Waals surface area contributed by atoms with Crippen molar-refractivity contribution >= 4 is 5.91 Å². The Labute approximate surface area is 147 Å². The number of nitrogens with zero attached hydrogens (tertiary/aromatic N) is 1. The van der Waals surface area contributed by atoms with E-state index in [-0.39, 0.29) is 18.1 Å². The molecule has 0 bridgehead atoms. The van der Waals surface area contributed by atoms with Crippen LogP contribution in [0, 0.1) is 0 Å². The van der Waals surface area contributed by atoms with Gasteiger partial charge in [-0.1, -0.05) is 18.2 Å². The van der Waals surface area contributed by atoms with Gasteiger partial charge in [-0.3, -0.25) is 4.79 Å². The fraction of sp³-hybridized carbons (Fsp3) is 0.368. The summed E-state index contributed by atoms with van der Waals surface area (Å²) in [5.41, 5.74) is 0.814. The van der Waals surface area contributed by atoms with Crippen molar-refractivity contribution in [3.8, 4) is 17.4 Å². The second-order valence-electron chi connectivity index (χ2n) is 6.16. The van der Waals surface area contributed by atoms with Gasteiger partial charge in [0, 0.05) is 18.3 Å². The van der Waals surface area contributed by atoms with E-state index in [0.29, 0.717) is 23.9 Å². The molecule has 25 heavy (non-hydrogen) atoms. The lowest BCUT2D eigenvalue weighted by Gasteiger charge is -2.31. The van der Waals surface area contributed by atoms with Crippen LogP contribution in [0.15, 0.2) is 42.6 Å². The van der Waals surface area contributed by atoms with Crippen LogP contribution in [0.4, 0.5) is 0 Å². The van der Waals surface area contributed by atoms with Crippen LogP contribution in [0.5, 0.6) is 17.4 Å². The molecule has 1 aliphatic rings. The van der Waals surface area contributed by atoms with E-state index in [0.717, 1.165) is 5.56 Å². The highest BCUT2D eigenvalue weighted by Gasteiger charge is 2.33. The van der Waals surface area contributed by atoms with Gasteiger partial charge in [0.25, 0.3) is 5.91 Å². The molecule has 0 spiro atoms. The fourth-order valence-corrected chi connectivity index (χ4v) is 2.58. The van der Waals surface area contributed by atoms with Gasteiger partial charge in [0.05, 0.1) is 6.10 Å². The van der Waals surface area contributed by atoms with Crippen LogP contribution in [-0.4, -0.2) is 29.2 Å². The molecule has 0 fully saturated rings. The van der Waals surface area contributed by atoms with Crippen molar-refractivity contribution in [3.63, 3.8) is 0 Å². The summed E-state index contributed by atoms with van der Waals surface area (Å²) in [6.45, 7) is 5.99. The number of para-hydroxylation sites is 2. The van der Waals surface area contributed by atoms with Crippen LogP contribution in [0.1, 0.15) is 26.3 Å². The highest BCUT2D eigenvalue weighted by Crippen LogP contribution is 2.33. The van der Waals surface area contributed by atoms with Crippen LogP contribution in [0.3, 0.4) is 0 Å². The van der Waals surface area contributed by atoms with Crippen molar-refractivity contribution < 1.29 is 19.0 Å². The average Bonchev–Trinajstić information content (AvgIpc) is 2.59. The minimum absolute atomic E-state index is 0.0101. The van der Waals surface area contributed by atoms with Crippen LogP contribution in [0.25, 0.3) is 0 Å². The van der Waals surface area contributed by atoms with Crippen molar-refractivity contribution in [3.05, 3.63) is 48.2 Å². The molecule has 2 heterocycles. The first kappa shape index (κ1) is 17.1. The molecular formula is C19H22N2O4. The van der Waals surface area contributed by atoms with Crippen molar-refractivity contribution in [1.29, 1.82) is 0 Å². The molecule has 2 atom stereocenters. The lowest BCUT2D eigenvalue weighted by atomic mass is 10.1. The number of hydrogen-bond acceptors (Lipinski definition) is 5. The number of rotatable bonds is 5. The first-order valence-corrected chi connectivity index (χ1v) is 8.35. The largest absolute Gasteiger partial charge is 0.482 e. The molecule has 0 saturated carbocycles. The third-order valence-corrected chi connectivity index (χ3v) is 3.75. The average molecular weight is 342 g/mol. The van der Waals surface area contributed by atoms with E-state index >= 15 is 0 Å². The molecule has 0 radical (unpaired) electrons. The summed E-state index contributed by atoms with van der Waals surface area (Å²) in [5, 5.41) is 2.88. The molecule has 6 nitrogen and oxygen atoms in total. The minimum atomic E-state index is -0.707. The molecule has 1 N–H and O–H groups in total. The van der Waals surface area contributed by atoms with E-state index in [1.54, 1.807) is 12.3 Å². The van der Waals surface area contributed by atoms with Gasteiger partial charge in [-0.15, -0.1) is 0 Å². The van der Waals surface area contributed by atoms with E-state index < -0.39 is 6.10 Å².